The molecule has 0 radical (unpaired) electrons. The van der Waals surface area contributed by atoms with Gasteiger partial charge in [0.1, 0.15) is 0 Å². The van der Waals surface area contributed by atoms with Crippen LogP contribution >= 0.6 is 0 Å². The maximum Gasteiger partial charge on any atom is 0.321 e. The number of hydrogen-bond donors (Lipinski definition) is 2. The summed E-state index contributed by atoms with van der Waals surface area (Å²) in [6.07, 6.45) is 1.77. The lowest BCUT2D eigenvalue weighted by Gasteiger charge is -2.32. The van der Waals surface area contributed by atoms with Crippen LogP contribution in [-0.4, -0.2) is 36.0 Å². The molecule has 2 N–H and O–H groups in total. The second-order valence-electron chi connectivity index (χ2n) is 7.27. The van der Waals surface area contributed by atoms with Gasteiger partial charge in [0, 0.05) is 31.2 Å². The van der Waals surface area contributed by atoms with Gasteiger partial charge in [-0.2, -0.15) is 0 Å². The van der Waals surface area contributed by atoms with Crippen molar-refractivity contribution < 1.29 is 9.59 Å². The zero-order valence-electron chi connectivity index (χ0n) is 16.0. The third kappa shape index (κ3) is 5.41. The summed E-state index contributed by atoms with van der Waals surface area (Å²) in [5.41, 5.74) is 4.46. The van der Waals surface area contributed by atoms with Crippen molar-refractivity contribution in [3.05, 3.63) is 70.8 Å². The first-order valence-electron chi connectivity index (χ1n) is 9.46. The summed E-state index contributed by atoms with van der Waals surface area (Å²) in [6, 6.07) is 15.0. The van der Waals surface area contributed by atoms with Crippen LogP contribution in [-0.2, 0) is 6.54 Å². The van der Waals surface area contributed by atoms with Crippen molar-refractivity contribution in [3.8, 4) is 0 Å². The Kier molecular flexibility index (Phi) is 6.24. The summed E-state index contributed by atoms with van der Waals surface area (Å²) in [5.74, 6) is -0.375. The fraction of sp³-hybridized carbons (Fsp3) is 0.364. The largest absolute Gasteiger partial charge is 0.335 e. The topological polar surface area (TPSA) is 61.4 Å². The van der Waals surface area contributed by atoms with Crippen molar-refractivity contribution in [1.82, 2.24) is 15.5 Å². The molecule has 1 aliphatic heterocycles. The summed E-state index contributed by atoms with van der Waals surface area (Å²) in [4.78, 5) is 26.5. The number of urea groups is 1. The minimum absolute atomic E-state index is 0.101. The van der Waals surface area contributed by atoms with Crippen molar-refractivity contribution in [2.45, 2.75) is 39.3 Å². The normalized spacial score (nSPS) is 15.3. The molecule has 0 saturated carbocycles. The number of benzene rings is 2. The molecule has 1 fully saturated rings. The molecule has 5 heteroatoms. The van der Waals surface area contributed by atoms with Crippen LogP contribution in [0.4, 0.5) is 4.79 Å². The fourth-order valence-corrected chi connectivity index (χ4v) is 3.49. The number of hydrogen-bond acceptors (Lipinski definition) is 3. The maximum absolute atomic E-state index is 12.1. The molecular formula is C22H27N3O2. The highest BCUT2D eigenvalue weighted by atomic mass is 16.2. The number of piperidine rings is 1. The molecule has 1 heterocycles. The van der Waals surface area contributed by atoms with Crippen molar-refractivity contribution in [2.24, 2.45) is 0 Å². The Morgan fingerprint density at radius 3 is 2.41 bits per heavy atom. The number of nitrogens with zero attached hydrogens (tertiary/aromatic N) is 1. The van der Waals surface area contributed by atoms with Gasteiger partial charge in [0.2, 0.25) is 0 Å². The summed E-state index contributed by atoms with van der Waals surface area (Å²) in [5, 5.41) is 5.33. The van der Waals surface area contributed by atoms with Gasteiger partial charge in [-0.25, -0.2) is 4.79 Å². The number of amides is 3. The number of likely N-dealkylation sites (tertiary alicyclic amines) is 1. The SMILES string of the molecule is Cc1ccc(CN2CCC(NC(=O)NC(=O)c3ccccc3)CC2)c(C)c1. The van der Waals surface area contributed by atoms with E-state index in [1.54, 1.807) is 24.3 Å². The molecule has 0 atom stereocenters. The lowest BCUT2D eigenvalue weighted by Crippen LogP contribution is -2.49. The van der Waals surface area contributed by atoms with Gasteiger partial charge in [-0.15, -0.1) is 0 Å². The van der Waals surface area contributed by atoms with E-state index in [4.69, 9.17) is 0 Å². The van der Waals surface area contributed by atoms with Crippen LogP contribution in [0.5, 0.6) is 0 Å². The third-order valence-corrected chi connectivity index (χ3v) is 5.08. The van der Waals surface area contributed by atoms with Gasteiger partial charge in [0.15, 0.2) is 0 Å². The Balaban J connectivity index is 1.44. The molecule has 1 aliphatic rings. The predicted octanol–water partition coefficient (Wildman–Crippen LogP) is 3.41. The molecule has 3 rings (SSSR count). The molecule has 0 unspecified atom stereocenters. The lowest BCUT2D eigenvalue weighted by atomic mass is 10.0. The number of imide groups is 1. The van der Waals surface area contributed by atoms with Crippen LogP contribution in [0.1, 0.15) is 39.9 Å². The summed E-state index contributed by atoms with van der Waals surface area (Å²) < 4.78 is 0. The second-order valence-corrected chi connectivity index (χ2v) is 7.27. The quantitative estimate of drug-likeness (QED) is 0.873. The Morgan fingerprint density at radius 1 is 1.04 bits per heavy atom. The van der Waals surface area contributed by atoms with Crippen LogP contribution in [0.3, 0.4) is 0 Å². The summed E-state index contributed by atoms with van der Waals surface area (Å²) in [6.45, 7) is 7.08. The summed E-state index contributed by atoms with van der Waals surface area (Å²) in [7, 11) is 0. The average molecular weight is 365 g/mol. The molecular weight excluding hydrogens is 338 g/mol. The van der Waals surface area contributed by atoms with Crippen LogP contribution < -0.4 is 10.6 Å². The van der Waals surface area contributed by atoms with E-state index in [2.05, 4.69) is 47.6 Å². The van der Waals surface area contributed by atoms with E-state index in [-0.39, 0.29) is 11.9 Å². The minimum atomic E-state index is -0.420. The second kappa shape index (κ2) is 8.82. The molecule has 142 valence electrons. The van der Waals surface area contributed by atoms with Gasteiger partial charge in [0.05, 0.1) is 0 Å². The van der Waals surface area contributed by atoms with Crippen LogP contribution in [0.25, 0.3) is 0 Å². The minimum Gasteiger partial charge on any atom is -0.335 e. The standard InChI is InChI=1S/C22H27N3O2/c1-16-8-9-19(17(2)14-16)15-25-12-10-20(11-13-25)23-22(27)24-21(26)18-6-4-3-5-7-18/h3-9,14,20H,10-13,15H2,1-2H3,(H2,23,24,26,27). The number of carbonyl (C=O) groups excluding carboxylic acids is 2. The zero-order chi connectivity index (χ0) is 19.2. The van der Waals surface area contributed by atoms with Gasteiger partial charge >= 0.3 is 6.03 Å². The molecule has 2 aromatic rings. The highest BCUT2D eigenvalue weighted by Crippen LogP contribution is 2.17. The number of rotatable bonds is 4. The van der Waals surface area contributed by atoms with E-state index in [1.807, 2.05) is 6.07 Å². The number of aryl methyl sites for hydroxylation is 2. The van der Waals surface area contributed by atoms with E-state index < -0.39 is 6.03 Å². The first-order chi connectivity index (χ1) is 13.0. The van der Waals surface area contributed by atoms with Crippen LogP contribution in [0.15, 0.2) is 48.5 Å². The van der Waals surface area contributed by atoms with Gasteiger partial charge in [-0.05, 0) is 49.9 Å². The van der Waals surface area contributed by atoms with Gasteiger partial charge < -0.3 is 5.32 Å². The van der Waals surface area contributed by atoms with Crippen molar-refractivity contribution in [2.75, 3.05) is 13.1 Å². The molecule has 0 spiro atoms. The van der Waals surface area contributed by atoms with E-state index in [0.717, 1.165) is 32.5 Å². The smallest absolute Gasteiger partial charge is 0.321 e. The van der Waals surface area contributed by atoms with E-state index in [0.29, 0.717) is 5.56 Å². The van der Waals surface area contributed by atoms with Gasteiger partial charge in [-0.3, -0.25) is 15.0 Å². The van der Waals surface area contributed by atoms with Crippen LogP contribution in [0, 0.1) is 13.8 Å². The molecule has 3 amide bonds. The average Bonchev–Trinajstić information content (AvgIpc) is 2.66. The predicted molar refractivity (Wildman–Crippen MR) is 107 cm³/mol. The van der Waals surface area contributed by atoms with E-state index in [9.17, 15) is 9.59 Å². The van der Waals surface area contributed by atoms with E-state index >= 15 is 0 Å². The fourth-order valence-electron chi connectivity index (χ4n) is 3.49. The molecule has 27 heavy (non-hydrogen) atoms. The summed E-state index contributed by atoms with van der Waals surface area (Å²) >= 11 is 0. The first-order valence-corrected chi connectivity index (χ1v) is 9.46. The highest BCUT2D eigenvalue weighted by Gasteiger charge is 2.22. The molecule has 0 aromatic heterocycles. The first kappa shape index (κ1) is 19.1. The molecule has 0 aliphatic carbocycles. The van der Waals surface area contributed by atoms with Crippen molar-refractivity contribution in [3.63, 3.8) is 0 Å². The lowest BCUT2D eigenvalue weighted by molar-refractivity contribution is 0.0962. The molecule has 1 saturated heterocycles. The molecule has 2 aromatic carbocycles. The van der Waals surface area contributed by atoms with E-state index in [1.165, 1.54) is 16.7 Å². The maximum atomic E-state index is 12.1. The van der Waals surface area contributed by atoms with Gasteiger partial charge in [0.25, 0.3) is 5.91 Å². The molecule has 0 bridgehead atoms. The van der Waals surface area contributed by atoms with Crippen molar-refractivity contribution >= 4 is 11.9 Å². The number of carbonyl (C=O) groups is 2. The molecule has 5 nitrogen and oxygen atoms in total. The van der Waals surface area contributed by atoms with Gasteiger partial charge in [-0.1, -0.05) is 42.0 Å². The Bertz CT molecular complexity index is 796. The monoisotopic (exact) mass is 365 g/mol. The van der Waals surface area contributed by atoms with Crippen molar-refractivity contribution in [1.29, 1.82) is 0 Å². The number of nitrogens with one attached hydrogen (secondary N) is 2. The Morgan fingerprint density at radius 2 is 1.74 bits per heavy atom. The Hall–Kier alpha value is -2.66. The Labute approximate surface area is 160 Å². The highest BCUT2D eigenvalue weighted by molar-refractivity contribution is 6.04. The zero-order valence-corrected chi connectivity index (χ0v) is 16.0. The van der Waals surface area contributed by atoms with Crippen LogP contribution in [0.2, 0.25) is 0 Å². The third-order valence-electron chi connectivity index (χ3n) is 5.08.